The van der Waals surface area contributed by atoms with Gasteiger partial charge in [0.2, 0.25) is 0 Å². The van der Waals surface area contributed by atoms with Gasteiger partial charge in [-0.1, -0.05) is 6.07 Å². The van der Waals surface area contributed by atoms with Crippen LogP contribution in [0.4, 0.5) is 5.82 Å². The first kappa shape index (κ1) is 12.9. The van der Waals surface area contributed by atoms with Crippen LogP contribution in [0.15, 0.2) is 12.1 Å². The van der Waals surface area contributed by atoms with Gasteiger partial charge in [0.05, 0.1) is 0 Å². The Bertz CT molecular complexity index is 430. The summed E-state index contributed by atoms with van der Waals surface area (Å²) in [5.74, 6) is 1.89. The molecule has 19 heavy (non-hydrogen) atoms. The van der Waals surface area contributed by atoms with Crippen molar-refractivity contribution in [3.63, 3.8) is 0 Å². The maximum absolute atomic E-state index is 4.81. The summed E-state index contributed by atoms with van der Waals surface area (Å²) in [5, 5.41) is 3.43. The highest BCUT2D eigenvalue weighted by molar-refractivity contribution is 5.47. The van der Waals surface area contributed by atoms with E-state index in [-0.39, 0.29) is 0 Å². The van der Waals surface area contributed by atoms with Crippen LogP contribution in [0.3, 0.4) is 0 Å². The van der Waals surface area contributed by atoms with Crippen LogP contribution in [0.2, 0.25) is 0 Å². The van der Waals surface area contributed by atoms with Gasteiger partial charge in [-0.25, -0.2) is 4.98 Å². The number of aromatic nitrogens is 1. The van der Waals surface area contributed by atoms with Gasteiger partial charge in [0.15, 0.2) is 0 Å². The summed E-state index contributed by atoms with van der Waals surface area (Å²) in [7, 11) is 0. The summed E-state index contributed by atoms with van der Waals surface area (Å²) in [5.41, 5.74) is 2.64. The molecule has 1 unspecified atom stereocenters. The highest BCUT2D eigenvalue weighted by atomic mass is 15.1. The SMILES string of the molecule is [CH2]CN1CCCC(Cc2ccc3c(n2)NCCC3)C1. The van der Waals surface area contributed by atoms with Gasteiger partial charge in [-0.2, -0.15) is 0 Å². The molecule has 0 bridgehead atoms. The Morgan fingerprint density at radius 3 is 3.21 bits per heavy atom. The van der Waals surface area contributed by atoms with Crippen LogP contribution in [0, 0.1) is 12.8 Å². The van der Waals surface area contributed by atoms with E-state index < -0.39 is 0 Å². The van der Waals surface area contributed by atoms with Crippen molar-refractivity contribution in [2.75, 3.05) is 31.5 Å². The van der Waals surface area contributed by atoms with Crippen molar-refractivity contribution in [1.29, 1.82) is 0 Å². The lowest BCUT2D eigenvalue weighted by Crippen LogP contribution is -2.36. The van der Waals surface area contributed by atoms with Crippen LogP contribution < -0.4 is 5.32 Å². The van der Waals surface area contributed by atoms with E-state index in [1.165, 1.54) is 50.0 Å². The fourth-order valence-corrected chi connectivity index (χ4v) is 3.30. The Morgan fingerprint density at radius 2 is 2.32 bits per heavy atom. The Labute approximate surface area is 116 Å². The number of anilines is 1. The fraction of sp³-hybridized carbons (Fsp3) is 0.625. The van der Waals surface area contributed by atoms with E-state index in [1.54, 1.807) is 0 Å². The van der Waals surface area contributed by atoms with Crippen molar-refractivity contribution in [3.05, 3.63) is 30.3 Å². The van der Waals surface area contributed by atoms with Crippen molar-refractivity contribution in [2.45, 2.75) is 32.1 Å². The molecule has 1 N–H and O–H groups in total. The monoisotopic (exact) mass is 258 g/mol. The molecule has 1 radical (unpaired) electrons. The predicted molar refractivity (Wildman–Crippen MR) is 79.3 cm³/mol. The zero-order chi connectivity index (χ0) is 13.1. The third-order valence-electron chi connectivity index (χ3n) is 4.37. The molecule has 1 aromatic heterocycles. The second-order valence-corrected chi connectivity index (χ2v) is 5.85. The van der Waals surface area contributed by atoms with Gasteiger partial charge < -0.3 is 10.2 Å². The van der Waals surface area contributed by atoms with Crippen molar-refractivity contribution in [1.82, 2.24) is 9.88 Å². The molecule has 3 heterocycles. The van der Waals surface area contributed by atoms with Gasteiger partial charge in [-0.3, -0.25) is 0 Å². The number of rotatable bonds is 3. The number of aryl methyl sites for hydroxylation is 1. The molecule has 0 saturated carbocycles. The van der Waals surface area contributed by atoms with E-state index in [0.717, 1.165) is 31.2 Å². The van der Waals surface area contributed by atoms with Crippen LogP contribution in [0.25, 0.3) is 0 Å². The summed E-state index contributed by atoms with van der Waals surface area (Å²) in [6.07, 6.45) is 6.17. The first-order chi connectivity index (χ1) is 9.35. The number of nitrogens with one attached hydrogen (secondary N) is 1. The number of likely N-dealkylation sites (tertiary alicyclic amines) is 1. The Balaban J connectivity index is 1.66. The quantitative estimate of drug-likeness (QED) is 0.903. The molecule has 2 aliphatic heterocycles. The molecule has 3 heteroatoms. The molecule has 3 nitrogen and oxygen atoms in total. The zero-order valence-electron chi connectivity index (χ0n) is 11.7. The minimum atomic E-state index is 0.754. The van der Waals surface area contributed by atoms with Crippen molar-refractivity contribution >= 4 is 5.82 Å². The standard InChI is InChI=1S/C16H24N3/c1-2-19-10-4-5-13(12-19)11-15-8-7-14-6-3-9-17-16(14)18-15/h7-8,13H,1-6,9-12H2,(H,17,18). The van der Waals surface area contributed by atoms with E-state index in [9.17, 15) is 0 Å². The minimum Gasteiger partial charge on any atom is -0.370 e. The normalized spacial score (nSPS) is 23.7. The molecule has 1 atom stereocenters. The van der Waals surface area contributed by atoms with Crippen LogP contribution in [-0.2, 0) is 12.8 Å². The highest BCUT2D eigenvalue weighted by Gasteiger charge is 2.20. The third kappa shape index (κ3) is 3.08. The van der Waals surface area contributed by atoms with Gasteiger partial charge in [0.25, 0.3) is 0 Å². The molecule has 3 rings (SSSR count). The summed E-state index contributed by atoms with van der Waals surface area (Å²) in [6, 6.07) is 4.50. The molecule has 2 aliphatic rings. The molecule has 1 saturated heterocycles. The van der Waals surface area contributed by atoms with E-state index in [1.807, 2.05) is 0 Å². The molecule has 0 spiro atoms. The second-order valence-electron chi connectivity index (χ2n) is 5.85. The zero-order valence-corrected chi connectivity index (χ0v) is 11.7. The smallest absolute Gasteiger partial charge is 0.129 e. The second kappa shape index (κ2) is 5.91. The van der Waals surface area contributed by atoms with Crippen LogP contribution in [0.5, 0.6) is 0 Å². The van der Waals surface area contributed by atoms with Crippen LogP contribution >= 0.6 is 0 Å². The van der Waals surface area contributed by atoms with E-state index in [2.05, 4.69) is 29.3 Å². The Kier molecular flexibility index (Phi) is 4.02. The number of piperidine rings is 1. The van der Waals surface area contributed by atoms with E-state index in [4.69, 9.17) is 4.98 Å². The summed E-state index contributed by atoms with van der Waals surface area (Å²) >= 11 is 0. The fourth-order valence-electron chi connectivity index (χ4n) is 3.30. The van der Waals surface area contributed by atoms with Crippen molar-refractivity contribution < 1.29 is 0 Å². The summed E-state index contributed by atoms with van der Waals surface area (Å²) < 4.78 is 0. The average molecular weight is 258 g/mol. The first-order valence-corrected chi connectivity index (χ1v) is 7.59. The first-order valence-electron chi connectivity index (χ1n) is 7.59. The lowest BCUT2D eigenvalue weighted by Gasteiger charge is -2.31. The van der Waals surface area contributed by atoms with Gasteiger partial charge in [-0.05, 0) is 69.7 Å². The number of hydrogen-bond donors (Lipinski definition) is 1. The number of hydrogen-bond acceptors (Lipinski definition) is 3. The maximum atomic E-state index is 4.81. The van der Waals surface area contributed by atoms with Crippen LogP contribution in [-0.4, -0.2) is 36.1 Å². The van der Waals surface area contributed by atoms with Crippen LogP contribution in [0.1, 0.15) is 30.5 Å². The highest BCUT2D eigenvalue weighted by Crippen LogP contribution is 2.23. The lowest BCUT2D eigenvalue weighted by atomic mass is 9.93. The minimum absolute atomic E-state index is 0.754. The molecule has 0 aliphatic carbocycles. The van der Waals surface area contributed by atoms with E-state index in [0.29, 0.717) is 0 Å². The molecular formula is C16H24N3. The predicted octanol–water partition coefficient (Wildman–Crippen LogP) is 2.53. The molecule has 1 fully saturated rings. The lowest BCUT2D eigenvalue weighted by molar-refractivity contribution is 0.189. The molecule has 0 amide bonds. The summed E-state index contributed by atoms with van der Waals surface area (Å²) in [4.78, 5) is 7.28. The molecule has 0 aromatic carbocycles. The largest absolute Gasteiger partial charge is 0.370 e. The molecule has 103 valence electrons. The topological polar surface area (TPSA) is 28.2 Å². The molecular weight excluding hydrogens is 234 g/mol. The Morgan fingerprint density at radius 1 is 1.37 bits per heavy atom. The maximum Gasteiger partial charge on any atom is 0.129 e. The number of pyridine rings is 1. The number of fused-ring (bicyclic) bond motifs is 1. The Hall–Kier alpha value is -1.09. The van der Waals surface area contributed by atoms with Gasteiger partial charge in [0, 0.05) is 18.8 Å². The molecule has 1 aromatic rings. The summed E-state index contributed by atoms with van der Waals surface area (Å²) in [6.45, 7) is 8.43. The number of nitrogens with zero attached hydrogens (tertiary/aromatic N) is 2. The van der Waals surface area contributed by atoms with Crippen molar-refractivity contribution in [3.8, 4) is 0 Å². The van der Waals surface area contributed by atoms with Crippen molar-refractivity contribution in [2.24, 2.45) is 5.92 Å². The van der Waals surface area contributed by atoms with Gasteiger partial charge >= 0.3 is 0 Å². The van der Waals surface area contributed by atoms with E-state index >= 15 is 0 Å². The third-order valence-corrected chi connectivity index (χ3v) is 4.37. The van der Waals surface area contributed by atoms with Gasteiger partial charge in [-0.15, -0.1) is 0 Å². The van der Waals surface area contributed by atoms with Gasteiger partial charge in [0.1, 0.15) is 5.82 Å². The average Bonchev–Trinajstić information content (AvgIpc) is 2.47.